The van der Waals surface area contributed by atoms with Crippen LogP contribution < -0.4 is 0 Å². The molecule has 0 bridgehead atoms. The van der Waals surface area contributed by atoms with Gasteiger partial charge in [0.05, 0.1) is 67.3 Å². The van der Waals surface area contributed by atoms with Crippen molar-refractivity contribution in [1.29, 1.82) is 0 Å². The fourth-order valence-electron chi connectivity index (χ4n) is 18.8. The summed E-state index contributed by atoms with van der Waals surface area (Å²) in [5.74, 6) is 3.15. The van der Waals surface area contributed by atoms with Gasteiger partial charge in [0.15, 0.2) is 11.6 Å². The molecule has 0 N–H and O–H groups in total. The van der Waals surface area contributed by atoms with Crippen molar-refractivity contribution in [2.75, 3.05) is 0 Å². The Bertz CT molecular complexity index is 8570. The lowest BCUT2D eigenvalue weighted by molar-refractivity contribution is 1.10. The fraction of sp³-hybridized carbons (Fsp3) is 0. The number of fused-ring (bicyclic) bond motifs is 12. The Morgan fingerprint density at radius 3 is 0.841 bits per heavy atom. The number of aromatic nitrogens is 10. The number of hydrogen-bond donors (Lipinski definition) is 0. The van der Waals surface area contributed by atoms with Gasteiger partial charge in [-0.2, -0.15) is 0 Å². The van der Waals surface area contributed by atoms with Gasteiger partial charge in [0, 0.05) is 88.6 Å². The quantitative estimate of drug-likeness (QED) is 0.0933. The largest absolute Gasteiger partial charge is 0.292 e. The topological polar surface area (TPSA) is 113 Å². The summed E-state index contributed by atoms with van der Waals surface area (Å²) in [7, 11) is 0. The Labute approximate surface area is 761 Å². The molecule has 0 saturated carbocycles. The Kier molecular flexibility index (Phi) is 19.7. The molecular weight excluding hydrogens is 1610 g/mol. The molecule has 0 fully saturated rings. The van der Waals surface area contributed by atoms with Gasteiger partial charge < -0.3 is 0 Å². The lowest BCUT2D eigenvalue weighted by Crippen LogP contribution is -1.97. The molecule has 0 saturated heterocycles. The first-order valence-corrected chi connectivity index (χ1v) is 44.5. The van der Waals surface area contributed by atoms with E-state index in [0.717, 1.165) is 211 Å². The Morgan fingerprint density at radius 1 is 0.167 bits per heavy atom. The summed E-state index contributed by atoms with van der Waals surface area (Å²) in [6.07, 6.45) is 0. The summed E-state index contributed by atoms with van der Waals surface area (Å²) in [6, 6.07) is 166. The molecule has 6 heterocycles. The minimum Gasteiger partial charge on any atom is -0.292 e. The third-order valence-electron chi connectivity index (χ3n) is 25.3. The van der Waals surface area contributed by atoms with Crippen LogP contribution in [0.5, 0.6) is 0 Å². The molecule has 10 nitrogen and oxygen atoms in total. The normalized spacial score (nSPS) is 11.5. The maximum Gasteiger partial charge on any atom is 0.160 e. The molecule has 0 aliphatic rings. The molecule has 0 radical (unpaired) electrons. The number of rotatable bonds is 15. The molecular formula is C122H78N10. The molecule has 25 rings (SSSR count). The van der Waals surface area contributed by atoms with Crippen LogP contribution >= 0.6 is 0 Å². The molecule has 0 amide bonds. The molecule has 0 aliphatic carbocycles. The highest BCUT2D eigenvalue weighted by Crippen LogP contribution is 2.45. The molecule has 616 valence electrons. The van der Waals surface area contributed by atoms with Crippen LogP contribution in [0.15, 0.2) is 473 Å². The van der Waals surface area contributed by atoms with E-state index in [1.165, 1.54) is 21.9 Å². The van der Waals surface area contributed by atoms with Crippen molar-refractivity contribution in [3.63, 3.8) is 0 Å². The predicted octanol–water partition coefficient (Wildman–Crippen LogP) is 31.0. The molecule has 132 heavy (non-hydrogen) atoms. The summed E-state index contributed by atoms with van der Waals surface area (Å²) in [4.78, 5) is 42.4. The SMILES string of the molecule is c1ccc(-c2ccc(-c3cc(-c4ccccc4)nc(-c4ccc(-c5ccc(-c6nc7ccccc7c7ccc8c(nc(-c9ccccc9)n8-c8ccccc8)c67)cc5)cc4)n3)cc2)cc1.c1ccc(-c2nc3c4c(-c5ccc(-c6ccc(-c7nc(-c8cccc9ccccc89)cc(-c8cccc9ccccc89)n7)cc6)cc5)nc5ccccc5c4ccc3n2-c2ccccc2)cc1. The standard InChI is InChI=1S/C62H39N5.C60H39N5/c1-3-17-46(18-4-1)62-66-60-57(67(62)47-21-5-2-6-22-47)38-37-53-52-25-11-12-28-54(52)63-59(58(53)60)44-33-29-40(30-34-44)41-31-35-45(36-32-41)61-64-55(50-26-13-19-42-15-7-9-23-48(42)50)39-56(65-61)51-27-14-20-43-16-8-10-24-49(43)51;1-5-15-40(16-6-1)41-25-31-45(32-26-41)54-39-53(44-17-7-2-8-18-44)62-59(63-54)47-35-29-43(30-36-47)42-27-33-46(34-28-42)57-56-51(50-23-13-14-24-52(50)61-57)37-38-55-58(56)64-60(48-19-9-3-10-20-48)65(55)49-21-11-4-12-22-49/h1-39H;1-39H. The van der Waals surface area contributed by atoms with E-state index in [4.69, 9.17) is 39.9 Å². The molecule has 25 aromatic rings. The van der Waals surface area contributed by atoms with E-state index in [1.807, 2.05) is 36.4 Å². The van der Waals surface area contributed by atoms with Gasteiger partial charge in [0.1, 0.15) is 11.6 Å². The maximum absolute atomic E-state index is 5.46. The average molecular weight is 1680 g/mol. The van der Waals surface area contributed by atoms with Gasteiger partial charge in [-0.15, -0.1) is 0 Å². The fourth-order valence-corrected chi connectivity index (χ4v) is 18.8. The first-order chi connectivity index (χ1) is 65.4. The second-order valence-corrected chi connectivity index (χ2v) is 33.2. The van der Waals surface area contributed by atoms with Crippen LogP contribution in [-0.4, -0.2) is 49.0 Å². The van der Waals surface area contributed by atoms with Gasteiger partial charge in [-0.3, -0.25) is 9.13 Å². The van der Waals surface area contributed by atoms with Crippen molar-refractivity contribution in [2.24, 2.45) is 0 Å². The van der Waals surface area contributed by atoms with Crippen molar-refractivity contribution < 1.29 is 0 Å². The van der Waals surface area contributed by atoms with Gasteiger partial charge >= 0.3 is 0 Å². The first kappa shape index (κ1) is 77.7. The van der Waals surface area contributed by atoms with Crippen molar-refractivity contribution in [2.45, 2.75) is 0 Å². The Hall–Kier alpha value is -17.9. The summed E-state index contributed by atoms with van der Waals surface area (Å²) >= 11 is 0. The summed E-state index contributed by atoms with van der Waals surface area (Å²) in [5, 5.41) is 11.2. The van der Waals surface area contributed by atoms with Crippen LogP contribution in [0, 0.1) is 0 Å². The monoisotopic (exact) mass is 1680 g/mol. The maximum atomic E-state index is 5.46. The molecule has 0 aliphatic heterocycles. The average Bonchev–Trinajstić information content (AvgIpc) is 1.56. The molecule has 10 heteroatoms. The molecule has 0 atom stereocenters. The van der Waals surface area contributed by atoms with Crippen molar-refractivity contribution in [3.05, 3.63) is 473 Å². The zero-order valence-electron chi connectivity index (χ0n) is 71.5. The van der Waals surface area contributed by atoms with Gasteiger partial charge in [-0.05, 0) is 126 Å². The van der Waals surface area contributed by atoms with E-state index in [1.54, 1.807) is 0 Å². The highest BCUT2D eigenvalue weighted by molar-refractivity contribution is 6.22. The van der Waals surface area contributed by atoms with Gasteiger partial charge in [0.2, 0.25) is 0 Å². The number of hydrogen-bond acceptors (Lipinski definition) is 8. The van der Waals surface area contributed by atoms with E-state index in [-0.39, 0.29) is 0 Å². The van der Waals surface area contributed by atoms with Crippen LogP contribution in [0.2, 0.25) is 0 Å². The van der Waals surface area contributed by atoms with Crippen LogP contribution in [-0.2, 0) is 0 Å². The second-order valence-electron chi connectivity index (χ2n) is 33.2. The van der Waals surface area contributed by atoms with Crippen molar-refractivity contribution in [1.82, 2.24) is 49.0 Å². The van der Waals surface area contributed by atoms with E-state index in [0.29, 0.717) is 11.6 Å². The lowest BCUT2D eigenvalue weighted by Gasteiger charge is -2.13. The van der Waals surface area contributed by atoms with Crippen LogP contribution in [0.25, 0.3) is 245 Å². The smallest absolute Gasteiger partial charge is 0.160 e. The first-order valence-electron chi connectivity index (χ1n) is 44.5. The summed E-state index contributed by atoms with van der Waals surface area (Å²) < 4.78 is 4.54. The predicted molar refractivity (Wildman–Crippen MR) is 545 cm³/mol. The molecule has 0 spiro atoms. The van der Waals surface area contributed by atoms with Crippen molar-refractivity contribution >= 4 is 87.0 Å². The van der Waals surface area contributed by atoms with E-state index in [2.05, 4.69) is 446 Å². The minimum atomic E-state index is 0.681. The zero-order chi connectivity index (χ0) is 87.4. The summed E-state index contributed by atoms with van der Waals surface area (Å²) in [5.41, 5.74) is 30.3. The van der Waals surface area contributed by atoms with Gasteiger partial charge in [-0.25, -0.2) is 39.9 Å². The number of benzene rings is 19. The van der Waals surface area contributed by atoms with Gasteiger partial charge in [-0.1, -0.05) is 413 Å². The van der Waals surface area contributed by atoms with E-state index < -0.39 is 0 Å². The third-order valence-corrected chi connectivity index (χ3v) is 25.3. The highest BCUT2D eigenvalue weighted by atomic mass is 15.1. The van der Waals surface area contributed by atoms with E-state index in [9.17, 15) is 0 Å². The number of para-hydroxylation sites is 4. The lowest BCUT2D eigenvalue weighted by atomic mass is 9.96. The number of nitrogens with zero attached hydrogens (tertiary/aromatic N) is 10. The number of imidazole rings is 2. The molecule has 0 unspecified atom stereocenters. The van der Waals surface area contributed by atoms with Crippen LogP contribution in [0.3, 0.4) is 0 Å². The Balaban J connectivity index is 0.000000146. The zero-order valence-corrected chi connectivity index (χ0v) is 71.5. The van der Waals surface area contributed by atoms with Crippen LogP contribution in [0.4, 0.5) is 0 Å². The van der Waals surface area contributed by atoms with Gasteiger partial charge in [0.25, 0.3) is 0 Å². The molecule has 19 aromatic carbocycles. The number of pyridine rings is 2. The highest BCUT2D eigenvalue weighted by Gasteiger charge is 2.26. The van der Waals surface area contributed by atoms with Crippen molar-refractivity contribution in [3.8, 4) is 158 Å². The van der Waals surface area contributed by atoms with Crippen LogP contribution in [0.1, 0.15) is 0 Å². The van der Waals surface area contributed by atoms with E-state index >= 15 is 0 Å². The Morgan fingerprint density at radius 2 is 0.447 bits per heavy atom. The third kappa shape index (κ3) is 14.4. The second kappa shape index (κ2) is 33.5. The minimum absolute atomic E-state index is 0.681. The molecule has 6 aromatic heterocycles. The summed E-state index contributed by atoms with van der Waals surface area (Å²) in [6.45, 7) is 0.